The summed E-state index contributed by atoms with van der Waals surface area (Å²) in [7, 11) is 3.22. The molecule has 1 rings (SSSR count). The lowest BCUT2D eigenvalue weighted by Gasteiger charge is -2.27. The molecule has 0 unspecified atom stereocenters. The molecule has 0 saturated carbocycles. The highest BCUT2D eigenvalue weighted by molar-refractivity contribution is 5.77. The number of hydrogen-bond donors (Lipinski definition) is 2. The van der Waals surface area contributed by atoms with E-state index >= 15 is 0 Å². The molecule has 0 radical (unpaired) electrons. The molecular formula is C13H20N4O3. The third kappa shape index (κ3) is 4.85. The number of nitrogens with one attached hydrogen (secondary N) is 1. The molecule has 1 heterocycles. The van der Waals surface area contributed by atoms with E-state index in [0.717, 1.165) is 5.69 Å². The molecule has 1 atom stereocenters. The first-order chi connectivity index (χ1) is 9.56. The predicted molar refractivity (Wildman–Crippen MR) is 73.8 cm³/mol. The molecule has 0 bridgehead atoms. The van der Waals surface area contributed by atoms with Crippen LogP contribution in [0.2, 0.25) is 0 Å². The van der Waals surface area contributed by atoms with Crippen LogP contribution in [0.25, 0.3) is 0 Å². The topological polar surface area (TPSA) is 97.6 Å². The number of aromatic nitrogens is 1. The molecular weight excluding hydrogens is 260 g/mol. The summed E-state index contributed by atoms with van der Waals surface area (Å²) in [4.78, 5) is 28.4. The lowest BCUT2D eigenvalue weighted by Crippen LogP contribution is -2.42. The fraction of sp³-hybridized carbons (Fsp3) is 0.462. The Balaban J connectivity index is 2.66. The van der Waals surface area contributed by atoms with Crippen LogP contribution in [0, 0.1) is 0 Å². The van der Waals surface area contributed by atoms with Crippen molar-refractivity contribution >= 4 is 11.9 Å². The van der Waals surface area contributed by atoms with Crippen molar-refractivity contribution in [2.24, 2.45) is 5.73 Å². The summed E-state index contributed by atoms with van der Waals surface area (Å²) >= 11 is 0. The van der Waals surface area contributed by atoms with Gasteiger partial charge in [-0.2, -0.15) is 0 Å². The van der Waals surface area contributed by atoms with Crippen LogP contribution in [0.3, 0.4) is 0 Å². The summed E-state index contributed by atoms with van der Waals surface area (Å²) < 4.78 is 5.14. The zero-order chi connectivity index (χ0) is 15.0. The molecule has 0 aliphatic heterocycles. The zero-order valence-corrected chi connectivity index (χ0v) is 11.7. The molecule has 0 spiro atoms. The molecule has 0 fully saturated rings. The van der Waals surface area contributed by atoms with Crippen molar-refractivity contribution in [3.05, 3.63) is 30.1 Å². The standard InChI is InChI=1S/C13H20N4O3/c1-17(13(19)16-8-6-12(14)18)11(9-20-2)10-5-3-4-7-15-10/h3-5,7,11H,6,8-9H2,1-2H3,(H2,14,18)(H,16,19)/t11-/m0/s1. The molecule has 0 aromatic carbocycles. The Kier molecular flexibility index (Phi) is 6.45. The Hall–Kier alpha value is -2.15. The first-order valence-corrected chi connectivity index (χ1v) is 6.25. The van der Waals surface area contributed by atoms with E-state index in [-0.39, 0.29) is 25.0 Å². The zero-order valence-electron chi connectivity index (χ0n) is 11.7. The van der Waals surface area contributed by atoms with Crippen LogP contribution in [-0.2, 0) is 9.53 Å². The Bertz CT molecular complexity index is 439. The number of amides is 3. The van der Waals surface area contributed by atoms with Gasteiger partial charge >= 0.3 is 6.03 Å². The van der Waals surface area contributed by atoms with Gasteiger partial charge in [-0.15, -0.1) is 0 Å². The van der Waals surface area contributed by atoms with E-state index in [1.807, 2.05) is 12.1 Å². The first kappa shape index (κ1) is 15.9. The molecule has 1 aromatic rings. The van der Waals surface area contributed by atoms with E-state index in [9.17, 15) is 9.59 Å². The second-order valence-electron chi connectivity index (χ2n) is 4.28. The van der Waals surface area contributed by atoms with E-state index in [2.05, 4.69) is 10.3 Å². The van der Waals surface area contributed by atoms with Crippen LogP contribution in [0.15, 0.2) is 24.4 Å². The number of nitrogens with two attached hydrogens (primary N) is 1. The fourth-order valence-electron chi connectivity index (χ4n) is 1.69. The number of likely N-dealkylation sites (N-methyl/N-ethyl adjacent to an activating group) is 1. The average Bonchev–Trinajstić information content (AvgIpc) is 2.44. The Morgan fingerprint density at radius 1 is 1.50 bits per heavy atom. The summed E-state index contributed by atoms with van der Waals surface area (Å²) in [5.41, 5.74) is 5.76. The van der Waals surface area contributed by atoms with Gasteiger partial charge < -0.3 is 20.7 Å². The molecule has 0 aliphatic carbocycles. The monoisotopic (exact) mass is 280 g/mol. The number of carbonyl (C=O) groups is 2. The molecule has 0 saturated heterocycles. The summed E-state index contributed by atoms with van der Waals surface area (Å²) in [6.07, 6.45) is 1.77. The molecule has 3 N–H and O–H groups in total. The maximum Gasteiger partial charge on any atom is 0.317 e. The van der Waals surface area contributed by atoms with Gasteiger partial charge in [-0.05, 0) is 12.1 Å². The highest BCUT2D eigenvalue weighted by atomic mass is 16.5. The van der Waals surface area contributed by atoms with E-state index in [0.29, 0.717) is 6.61 Å². The number of carbonyl (C=O) groups excluding carboxylic acids is 2. The van der Waals surface area contributed by atoms with Crippen molar-refractivity contribution < 1.29 is 14.3 Å². The van der Waals surface area contributed by atoms with E-state index in [1.165, 1.54) is 4.90 Å². The third-order valence-electron chi connectivity index (χ3n) is 2.79. The molecule has 7 heteroatoms. The number of urea groups is 1. The molecule has 3 amide bonds. The minimum atomic E-state index is -0.453. The van der Waals surface area contributed by atoms with Gasteiger partial charge in [0.1, 0.15) is 0 Å². The lowest BCUT2D eigenvalue weighted by molar-refractivity contribution is -0.117. The van der Waals surface area contributed by atoms with Gasteiger partial charge in [-0.1, -0.05) is 6.07 Å². The molecule has 110 valence electrons. The largest absolute Gasteiger partial charge is 0.382 e. The molecule has 0 aliphatic rings. The summed E-state index contributed by atoms with van der Waals surface area (Å²) in [5.74, 6) is -0.453. The summed E-state index contributed by atoms with van der Waals surface area (Å²) in [6.45, 7) is 0.539. The van der Waals surface area contributed by atoms with Crippen LogP contribution in [0.5, 0.6) is 0 Å². The smallest absolute Gasteiger partial charge is 0.317 e. The maximum absolute atomic E-state index is 12.0. The van der Waals surface area contributed by atoms with Crippen molar-refractivity contribution in [2.45, 2.75) is 12.5 Å². The van der Waals surface area contributed by atoms with E-state index in [4.69, 9.17) is 10.5 Å². The number of methoxy groups -OCH3 is 1. The van der Waals surface area contributed by atoms with Crippen LogP contribution in [0.1, 0.15) is 18.2 Å². The van der Waals surface area contributed by atoms with Crippen LogP contribution >= 0.6 is 0 Å². The normalized spacial score (nSPS) is 11.7. The van der Waals surface area contributed by atoms with Gasteiger partial charge in [0.15, 0.2) is 0 Å². The molecule has 20 heavy (non-hydrogen) atoms. The average molecular weight is 280 g/mol. The number of ether oxygens (including phenoxy) is 1. The molecule has 1 aromatic heterocycles. The van der Waals surface area contributed by atoms with Gasteiger partial charge in [-0.3, -0.25) is 9.78 Å². The lowest BCUT2D eigenvalue weighted by atomic mass is 10.2. The number of rotatable bonds is 7. The Morgan fingerprint density at radius 2 is 2.25 bits per heavy atom. The quantitative estimate of drug-likeness (QED) is 0.750. The van der Waals surface area contributed by atoms with Crippen LogP contribution < -0.4 is 11.1 Å². The van der Waals surface area contributed by atoms with Gasteiger partial charge in [0, 0.05) is 33.3 Å². The van der Waals surface area contributed by atoms with Gasteiger partial charge in [0.05, 0.1) is 18.3 Å². The second kappa shape index (κ2) is 8.11. The van der Waals surface area contributed by atoms with Crippen molar-refractivity contribution in [3.8, 4) is 0 Å². The number of pyridine rings is 1. The first-order valence-electron chi connectivity index (χ1n) is 6.25. The van der Waals surface area contributed by atoms with Crippen molar-refractivity contribution in [1.82, 2.24) is 15.2 Å². The summed E-state index contributed by atoms with van der Waals surface area (Å²) in [5, 5.41) is 2.63. The predicted octanol–water partition coefficient (Wildman–Crippen LogP) is 0.286. The van der Waals surface area contributed by atoms with Crippen molar-refractivity contribution in [2.75, 3.05) is 27.3 Å². The fourth-order valence-corrected chi connectivity index (χ4v) is 1.69. The third-order valence-corrected chi connectivity index (χ3v) is 2.79. The number of primary amides is 1. The molecule has 7 nitrogen and oxygen atoms in total. The van der Waals surface area contributed by atoms with Crippen LogP contribution in [0.4, 0.5) is 4.79 Å². The van der Waals surface area contributed by atoms with Crippen LogP contribution in [-0.4, -0.2) is 49.1 Å². The number of hydrogen-bond acceptors (Lipinski definition) is 4. The second-order valence-corrected chi connectivity index (χ2v) is 4.28. The minimum Gasteiger partial charge on any atom is -0.382 e. The maximum atomic E-state index is 12.0. The van der Waals surface area contributed by atoms with E-state index < -0.39 is 5.91 Å². The van der Waals surface area contributed by atoms with Crippen molar-refractivity contribution in [1.29, 1.82) is 0 Å². The van der Waals surface area contributed by atoms with E-state index in [1.54, 1.807) is 26.4 Å². The minimum absolute atomic E-state index is 0.109. The summed E-state index contributed by atoms with van der Waals surface area (Å²) in [6, 6.07) is 4.88. The Morgan fingerprint density at radius 3 is 2.80 bits per heavy atom. The highest BCUT2D eigenvalue weighted by Crippen LogP contribution is 2.17. The van der Waals surface area contributed by atoms with Gasteiger partial charge in [0.2, 0.25) is 5.91 Å². The Labute approximate surface area is 118 Å². The van der Waals surface area contributed by atoms with Crippen molar-refractivity contribution in [3.63, 3.8) is 0 Å². The highest BCUT2D eigenvalue weighted by Gasteiger charge is 2.22. The SMILES string of the molecule is COC[C@@H](c1ccccn1)N(C)C(=O)NCCC(N)=O. The van der Waals surface area contributed by atoms with Gasteiger partial charge in [0.25, 0.3) is 0 Å². The number of nitrogens with zero attached hydrogens (tertiary/aromatic N) is 2. The van der Waals surface area contributed by atoms with Gasteiger partial charge in [-0.25, -0.2) is 4.79 Å².